The number of benzene rings is 2. The van der Waals surface area contributed by atoms with E-state index in [9.17, 15) is 0 Å². The van der Waals surface area contributed by atoms with Gasteiger partial charge in [0.25, 0.3) is 0 Å². The lowest BCUT2D eigenvalue weighted by Crippen LogP contribution is -2.37. The number of nitrogens with zero attached hydrogens (tertiary/aromatic N) is 2. The molecule has 1 fully saturated rings. The van der Waals surface area contributed by atoms with E-state index in [4.69, 9.17) is 5.73 Å². The summed E-state index contributed by atoms with van der Waals surface area (Å²) in [5.41, 5.74) is 8.20. The van der Waals surface area contributed by atoms with Crippen molar-refractivity contribution >= 4 is 22.7 Å². The number of aliphatic imine (C=N–C) groups is 2. The molecule has 0 aromatic heterocycles. The minimum absolute atomic E-state index is 0.234. The van der Waals surface area contributed by atoms with E-state index in [1.54, 1.807) is 0 Å². The van der Waals surface area contributed by atoms with Crippen molar-refractivity contribution in [3.8, 4) is 0 Å². The van der Waals surface area contributed by atoms with Crippen LogP contribution in [0.2, 0.25) is 0 Å². The van der Waals surface area contributed by atoms with Gasteiger partial charge in [0, 0.05) is 31.9 Å². The molecule has 0 bridgehead atoms. The lowest BCUT2D eigenvalue weighted by Gasteiger charge is -2.14. The maximum Gasteiger partial charge on any atom is 0.120 e. The van der Waals surface area contributed by atoms with Crippen LogP contribution in [-0.2, 0) is 0 Å². The van der Waals surface area contributed by atoms with E-state index >= 15 is 0 Å². The summed E-state index contributed by atoms with van der Waals surface area (Å²) in [6.45, 7) is 2.85. The summed E-state index contributed by atoms with van der Waals surface area (Å²) in [6, 6.07) is 14.6. The van der Waals surface area contributed by atoms with Crippen LogP contribution in [-0.4, -0.2) is 37.2 Å². The van der Waals surface area contributed by atoms with Gasteiger partial charge in [0.2, 0.25) is 0 Å². The molecule has 2 atom stereocenters. The van der Waals surface area contributed by atoms with Crippen molar-refractivity contribution in [1.82, 2.24) is 5.32 Å². The quantitative estimate of drug-likeness (QED) is 0.458. The Morgan fingerprint density at radius 3 is 2.73 bits per heavy atom. The highest BCUT2D eigenvalue weighted by Gasteiger charge is 2.45. The first-order valence-electron chi connectivity index (χ1n) is 8.95. The van der Waals surface area contributed by atoms with Gasteiger partial charge in [0.15, 0.2) is 0 Å². The molecule has 26 heavy (non-hydrogen) atoms. The van der Waals surface area contributed by atoms with Gasteiger partial charge in [-0.05, 0) is 35.4 Å². The van der Waals surface area contributed by atoms with Crippen molar-refractivity contribution in [3.63, 3.8) is 0 Å². The average Bonchev–Trinajstić information content (AvgIpc) is 3.46. The molecule has 3 rings (SSSR count). The predicted octanol–water partition coefficient (Wildman–Crippen LogP) is 3.48. The summed E-state index contributed by atoms with van der Waals surface area (Å²) in [6.07, 6.45) is 10.6. The lowest BCUT2D eigenvalue weighted by atomic mass is 10.0. The standard InChI is InChI=1S/C22H26N4/c1-3-7-20(24-2)10-6-13-22(16-26-22)21(23)25-15-17-11-12-18-8-4-5-9-19(18)14-17/h3-9,11-15,21,26H,10,16,23H2,1-2H3/b7-3-,13-6-,24-20?,25-15?. The Balaban J connectivity index is 1.66. The number of rotatable bonds is 7. The molecule has 1 aliphatic heterocycles. The largest absolute Gasteiger partial charge is 0.308 e. The van der Waals surface area contributed by atoms with Gasteiger partial charge in [-0.25, -0.2) is 0 Å². The van der Waals surface area contributed by atoms with Crippen LogP contribution in [0.4, 0.5) is 0 Å². The Hall–Kier alpha value is -2.56. The van der Waals surface area contributed by atoms with Gasteiger partial charge in [-0.2, -0.15) is 0 Å². The third kappa shape index (κ3) is 4.34. The van der Waals surface area contributed by atoms with E-state index in [0.717, 1.165) is 24.2 Å². The highest BCUT2D eigenvalue weighted by Crippen LogP contribution is 2.24. The van der Waals surface area contributed by atoms with Crippen molar-refractivity contribution in [3.05, 3.63) is 72.3 Å². The van der Waals surface area contributed by atoms with E-state index in [2.05, 4.69) is 57.8 Å². The van der Waals surface area contributed by atoms with Crippen LogP contribution < -0.4 is 11.1 Å². The average molecular weight is 346 g/mol. The third-order valence-corrected chi connectivity index (χ3v) is 4.66. The van der Waals surface area contributed by atoms with Crippen molar-refractivity contribution < 1.29 is 0 Å². The zero-order valence-electron chi connectivity index (χ0n) is 15.4. The minimum Gasteiger partial charge on any atom is -0.308 e. The van der Waals surface area contributed by atoms with E-state index in [-0.39, 0.29) is 11.7 Å². The van der Waals surface area contributed by atoms with Crippen LogP contribution in [0.5, 0.6) is 0 Å². The molecule has 3 N–H and O–H groups in total. The van der Waals surface area contributed by atoms with E-state index in [1.807, 2.05) is 44.5 Å². The molecule has 4 heteroatoms. The number of hydrogen-bond donors (Lipinski definition) is 2. The Morgan fingerprint density at radius 1 is 1.27 bits per heavy atom. The molecule has 0 spiro atoms. The zero-order chi connectivity index (χ0) is 18.4. The molecule has 0 saturated carbocycles. The summed E-state index contributed by atoms with van der Waals surface area (Å²) in [4.78, 5) is 8.85. The second kappa shape index (κ2) is 8.21. The molecule has 2 unspecified atom stereocenters. The highest BCUT2D eigenvalue weighted by atomic mass is 15.2. The molecule has 1 aliphatic rings. The van der Waals surface area contributed by atoms with Gasteiger partial charge in [-0.15, -0.1) is 0 Å². The van der Waals surface area contributed by atoms with Gasteiger partial charge in [0.1, 0.15) is 6.17 Å². The Kier molecular flexibility index (Phi) is 5.76. The first-order valence-corrected chi connectivity index (χ1v) is 8.95. The second-order valence-corrected chi connectivity index (χ2v) is 6.54. The fourth-order valence-electron chi connectivity index (χ4n) is 2.93. The van der Waals surface area contributed by atoms with Gasteiger partial charge in [-0.3, -0.25) is 9.98 Å². The Morgan fingerprint density at radius 2 is 2.04 bits per heavy atom. The maximum atomic E-state index is 6.33. The Labute approximate surface area is 155 Å². The van der Waals surface area contributed by atoms with E-state index in [0.29, 0.717) is 0 Å². The highest BCUT2D eigenvalue weighted by molar-refractivity contribution is 5.95. The SMILES string of the molecule is C/C=C\C(C/C=C\C1(C(N)N=Cc2ccc3ccccc3c2)CN1)=NC. The van der Waals surface area contributed by atoms with Gasteiger partial charge in [-0.1, -0.05) is 54.6 Å². The van der Waals surface area contributed by atoms with Crippen molar-refractivity contribution in [2.75, 3.05) is 13.6 Å². The number of allylic oxidation sites excluding steroid dienone is 3. The molecule has 1 saturated heterocycles. The Bertz CT molecular complexity index is 873. The molecule has 1 heterocycles. The summed E-state index contributed by atoms with van der Waals surface area (Å²) >= 11 is 0. The van der Waals surface area contributed by atoms with Crippen molar-refractivity contribution in [2.45, 2.75) is 25.0 Å². The van der Waals surface area contributed by atoms with Crippen LogP contribution >= 0.6 is 0 Å². The molecule has 0 amide bonds. The van der Waals surface area contributed by atoms with Crippen LogP contribution in [0.25, 0.3) is 10.8 Å². The molecular weight excluding hydrogens is 320 g/mol. The first kappa shape index (κ1) is 18.2. The van der Waals surface area contributed by atoms with Crippen LogP contribution in [0.1, 0.15) is 18.9 Å². The second-order valence-electron chi connectivity index (χ2n) is 6.54. The summed E-state index contributed by atoms with van der Waals surface area (Å²) in [5, 5.41) is 5.79. The number of nitrogens with two attached hydrogens (primary N) is 1. The molecule has 2 aromatic rings. The van der Waals surface area contributed by atoms with Gasteiger partial charge >= 0.3 is 0 Å². The number of fused-ring (bicyclic) bond motifs is 1. The summed E-state index contributed by atoms with van der Waals surface area (Å²) in [5.74, 6) is 0. The topological polar surface area (TPSA) is 72.7 Å². The molecule has 0 radical (unpaired) electrons. The molecular formula is C22H26N4. The first-order chi connectivity index (χ1) is 12.7. The summed E-state index contributed by atoms with van der Waals surface area (Å²) in [7, 11) is 1.81. The fourth-order valence-corrected chi connectivity index (χ4v) is 2.93. The molecule has 0 aliphatic carbocycles. The smallest absolute Gasteiger partial charge is 0.120 e. The summed E-state index contributed by atoms with van der Waals surface area (Å²) < 4.78 is 0. The maximum absolute atomic E-state index is 6.33. The third-order valence-electron chi connectivity index (χ3n) is 4.66. The molecule has 4 nitrogen and oxygen atoms in total. The zero-order valence-corrected chi connectivity index (χ0v) is 15.4. The van der Waals surface area contributed by atoms with E-state index in [1.165, 1.54) is 10.8 Å². The van der Waals surface area contributed by atoms with Crippen LogP contribution in [0, 0.1) is 0 Å². The number of hydrogen-bond acceptors (Lipinski definition) is 4. The lowest BCUT2D eigenvalue weighted by molar-refractivity contribution is 0.594. The van der Waals surface area contributed by atoms with Crippen LogP contribution in [0.3, 0.4) is 0 Å². The molecule has 134 valence electrons. The number of nitrogens with one attached hydrogen (secondary N) is 1. The fraction of sp³-hybridized carbons (Fsp3) is 0.273. The van der Waals surface area contributed by atoms with E-state index < -0.39 is 0 Å². The van der Waals surface area contributed by atoms with Crippen LogP contribution in [0.15, 0.2) is 76.8 Å². The van der Waals surface area contributed by atoms with Crippen molar-refractivity contribution in [1.29, 1.82) is 0 Å². The minimum atomic E-state index is -0.311. The monoisotopic (exact) mass is 346 g/mol. The predicted molar refractivity (Wildman–Crippen MR) is 112 cm³/mol. The normalized spacial score (nSPS) is 22.0. The van der Waals surface area contributed by atoms with Crippen molar-refractivity contribution in [2.24, 2.45) is 15.7 Å². The molecule has 2 aromatic carbocycles. The van der Waals surface area contributed by atoms with Gasteiger partial charge in [0.05, 0.1) is 5.54 Å². The van der Waals surface area contributed by atoms with Gasteiger partial charge < -0.3 is 11.1 Å².